The summed E-state index contributed by atoms with van der Waals surface area (Å²) in [7, 11) is 0. The van der Waals surface area contributed by atoms with Crippen LogP contribution in [0.15, 0.2) is 9.98 Å². The van der Waals surface area contributed by atoms with E-state index in [4.69, 9.17) is 17.2 Å². The molecule has 0 heterocycles. The lowest BCUT2D eigenvalue weighted by atomic mass is 10.3. The van der Waals surface area contributed by atoms with Crippen molar-refractivity contribution in [1.29, 1.82) is 0 Å². The first-order chi connectivity index (χ1) is 6.99. The molecule has 0 rings (SSSR count). The van der Waals surface area contributed by atoms with Crippen molar-refractivity contribution in [2.75, 3.05) is 19.6 Å². The zero-order valence-electron chi connectivity index (χ0n) is 9.77. The molecule has 1 unspecified atom stereocenters. The Morgan fingerprint density at radius 3 is 2.13 bits per heavy atom. The molecule has 6 N–H and O–H groups in total. The standard InChI is InChI=1S/C9H22N6/c1-4-15(5-2)6-7(3)13-9(12)14-8(10)11/h7H,4-6H2,1-3H3,(H6,10,11,12,13,14). The molecule has 0 fully saturated rings. The minimum atomic E-state index is -0.0636. The van der Waals surface area contributed by atoms with Gasteiger partial charge in [0.1, 0.15) is 0 Å². The maximum Gasteiger partial charge on any atom is 0.218 e. The summed E-state index contributed by atoms with van der Waals surface area (Å²) >= 11 is 0. The second kappa shape index (κ2) is 7.05. The van der Waals surface area contributed by atoms with Gasteiger partial charge in [0, 0.05) is 6.54 Å². The Morgan fingerprint density at radius 2 is 1.73 bits per heavy atom. The lowest BCUT2D eigenvalue weighted by Gasteiger charge is -2.20. The summed E-state index contributed by atoms with van der Waals surface area (Å²) in [5.74, 6) is 0.0703. The molecule has 88 valence electrons. The minimum absolute atomic E-state index is 0.0636. The molecule has 0 aromatic carbocycles. The quantitative estimate of drug-likeness (QED) is 0.416. The highest BCUT2D eigenvalue weighted by molar-refractivity contribution is 5.92. The van der Waals surface area contributed by atoms with Crippen LogP contribution >= 0.6 is 0 Å². The van der Waals surface area contributed by atoms with E-state index < -0.39 is 0 Å². The summed E-state index contributed by atoms with van der Waals surface area (Å²) in [4.78, 5) is 10.1. The predicted molar refractivity (Wildman–Crippen MR) is 64.7 cm³/mol. The Kier molecular flexibility index (Phi) is 6.44. The first kappa shape index (κ1) is 13.7. The number of hydrogen-bond donors (Lipinski definition) is 3. The first-order valence-electron chi connectivity index (χ1n) is 5.14. The third kappa shape index (κ3) is 6.73. The highest BCUT2D eigenvalue weighted by Gasteiger charge is 2.05. The molecule has 6 heteroatoms. The maximum absolute atomic E-state index is 5.52. The summed E-state index contributed by atoms with van der Waals surface area (Å²) in [6.07, 6.45) is 0. The van der Waals surface area contributed by atoms with E-state index in [1.165, 1.54) is 0 Å². The Bertz CT molecular complexity index is 227. The molecular weight excluding hydrogens is 192 g/mol. The Labute approximate surface area is 91.2 Å². The normalized spacial score (nSPS) is 14.0. The van der Waals surface area contributed by atoms with E-state index in [1.54, 1.807) is 0 Å². The third-order valence-corrected chi connectivity index (χ3v) is 2.01. The van der Waals surface area contributed by atoms with Crippen LogP contribution in [0.5, 0.6) is 0 Å². The average molecular weight is 214 g/mol. The van der Waals surface area contributed by atoms with Crippen molar-refractivity contribution < 1.29 is 0 Å². The zero-order chi connectivity index (χ0) is 11.8. The van der Waals surface area contributed by atoms with Gasteiger partial charge in [0.2, 0.25) is 5.96 Å². The van der Waals surface area contributed by atoms with Crippen LogP contribution in [0, 0.1) is 0 Å². The van der Waals surface area contributed by atoms with E-state index in [9.17, 15) is 0 Å². The largest absolute Gasteiger partial charge is 0.370 e. The molecule has 0 saturated heterocycles. The number of aliphatic imine (C=N–C) groups is 2. The van der Waals surface area contributed by atoms with Crippen molar-refractivity contribution in [2.45, 2.75) is 26.8 Å². The molecule has 0 saturated carbocycles. The fraction of sp³-hybridized carbons (Fsp3) is 0.778. The summed E-state index contributed by atoms with van der Waals surface area (Å²) in [5, 5.41) is 0. The third-order valence-electron chi connectivity index (χ3n) is 2.01. The highest BCUT2D eigenvalue weighted by Crippen LogP contribution is 1.96. The molecule has 0 spiro atoms. The lowest BCUT2D eigenvalue weighted by molar-refractivity contribution is 0.289. The van der Waals surface area contributed by atoms with Gasteiger partial charge in [-0.3, -0.25) is 0 Å². The molecule has 0 aromatic heterocycles. The van der Waals surface area contributed by atoms with Crippen LogP contribution < -0.4 is 17.2 Å². The van der Waals surface area contributed by atoms with Crippen LogP contribution in [0.25, 0.3) is 0 Å². The van der Waals surface area contributed by atoms with Crippen LogP contribution in [0.3, 0.4) is 0 Å². The SMILES string of the molecule is CCN(CC)CC(C)N=C(N)N=C(N)N. The van der Waals surface area contributed by atoms with Crippen LogP contribution in [0.2, 0.25) is 0 Å². The van der Waals surface area contributed by atoms with Gasteiger partial charge in [-0.1, -0.05) is 13.8 Å². The molecular formula is C9H22N6. The van der Waals surface area contributed by atoms with Gasteiger partial charge >= 0.3 is 0 Å². The molecule has 0 radical (unpaired) electrons. The van der Waals surface area contributed by atoms with Crippen molar-refractivity contribution in [3.05, 3.63) is 0 Å². The van der Waals surface area contributed by atoms with Crippen molar-refractivity contribution >= 4 is 11.9 Å². The monoisotopic (exact) mass is 214 g/mol. The smallest absolute Gasteiger partial charge is 0.218 e. The Hall–Kier alpha value is -1.30. The summed E-state index contributed by atoms with van der Waals surface area (Å²) in [5.41, 5.74) is 15.9. The molecule has 0 aliphatic rings. The molecule has 1 atom stereocenters. The maximum atomic E-state index is 5.52. The van der Waals surface area contributed by atoms with E-state index in [2.05, 4.69) is 28.7 Å². The average Bonchev–Trinajstić information content (AvgIpc) is 2.12. The predicted octanol–water partition coefficient (Wildman–Crippen LogP) is -0.695. The molecule has 0 amide bonds. The minimum Gasteiger partial charge on any atom is -0.370 e. The van der Waals surface area contributed by atoms with E-state index in [1.807, 2.05) is 6.92 Å². The fourth-order valence-electron chi connectivity index (χ4n) is 1.28. The number of rotatable bonds is 5. The Balaban J connectivity index is 4.22. The van der Waals surface area contributed by atoms with E-state index in [0.29, 0.717) is 0 Å². The van der Waals surface area contributed by atoms with Crippen LogP contribution in [0.4, 0.5) is 0 Å². The van der Waals surface area contributed by atoms with Crippen LogP contribution in [0.1, 0.15) is 20.8 Å². The van der Waals surface area contributed by atoms with Crippen molar-refractivity contribution in [2.24, 2.45) is 27.2 Å². The molecule has 15 heavy (non-hydrogen) atoms. The highest BCUT2D eigenvalue weighted by atomic mass is 15.2. The molecule has 0 bridgehead atoms. The van der Waals surface area contributed by atoms with Gasteiger partial charge in [0.05, 0.1) is 6.04 Å². The molecule has 0 aliphatic carbocycles. The van der Waals surface area contributed by atoms with Crippen LogP contribution in [-0.2, 0) is 0 Å². The van der Waals surface area contributed by atoms with Gasteiger partial charge in [-0.2, -0.15) is 4.99 Å². The van der Waals surface area contributed by atoms with Crippen LogP contribution in [-0.4, -0.2) is 42.5 Å². The Morgan fingerprint density at radius 1 is 1.20 bits per heavy atom. The van der Waals surface area contributed by atoms with E-state index in [0.717, 1.165) is 19.6 Å². The van der Waals surface area contributed by atoms with Gasteiger partial charge in [0.25, 0.3) is 0 Å². The fourth-order valence-corrected chi connectivity index (χ4v) is 1.28. The van der Waals surface area contributed by atoms with Crippen molar-refractivity contribution in [3.8, 4) is 0 Å². The molecule has 6 nitrogen and oxygen atoms in total. The number of likely N-dealkylation sites (N-methyl/N-ethyl adjacent to an activating group) is 1. The van der Waals surface area contributed by atoms with Gasteiger partial charge in [0.15, 0.2) is 5.96 Å². The number of nitrogens with zero attached hydrogens (tertiary/aromatic N) is 3. The molecule has 0 aliphatic heterocycles. The summed E-state index contributed by atoms with van der Waals surface area (Å²) in [6, 6.07) is 0.0907. The van der Waals surface area contributed by atoms with Gasteiger partial charge in [-0.05, 0) is 20.0 Å². The second-order valence-corrected chi connectivity index (χ2v) is 3.36. The zero-order valence-corrected chi connectivity index (χ0v) is 9.77. The molecule has 0 aromatic rings. The van der Waals surface area contributed by atoms with Gasteiger partial charge in [-0.25, -0.2) is 4.99 Å². The second-order valence-electron chi connectivity index (χ2n) is 3.36. The van der Waals surface area contributed by atoms with E-state index >= 15 is 0 Å². The van der Waals surface area contributed by atoms with Gasteiger partial charge in [-0.15, -0.1) is 0 Å². The topological polar surface area (TPSA) is 106 Å². The van der Waals surface area contributed by atoms with Crippen molar-refractivity contribution in [3.63, 3.8) is 0 Å². The van der Waals surface area contributed by atoms with E-state index in [-0.39, 0.29) is 18.0 Å². The number of hydrogen-bond acceptors (Lipinski definition) is 2. The summed E-state index contributed by atoms with van der Waals surface area (Å²) < 4.78 is 0. The van der Waals surface area contributed by atoms with Crippen molar-refractivity contribution in [1.82, 2.24) is 4.90 Å². The summed E-state index contributed by atoms with van der Waals surface area (Å²) in [6.45, 7) is 9.05. The van der Waals surface area contributed by atoms with Gasteiger partial charge < -0.3 is 22.1 Å². The number of nitrogens with two attached hydrogens (primary N) is 3. The number of guanidine groups is 2. The first-order valence-corrected chi connectivity index (χ1v) is 5.14. The lowest BCUT2D eigenvalue weighted by Crippen LogP contribution is -2.32.